The number of aromatic amines is 1. The van der Waals surface area contributed by atoms with Crippen molar-refractivity contribution in [3.8, 4) is 5.75 Å². The normalized spacial score (nSPS) is 17.7. The van der Waals surface area contributed by atoms with Crippen LogP contribution in [0.4, 0.5) is 4.39 Å². The molecule has 0 bridgehead atoms. The second kappa shape index (κ2) is 13.9. The number of thiazole rings is 2. The Morgan fingerprint density at radius 3 is 2.78 bits per heavy atom. The predicted molar refractivity (Wildman–Crippen MR) is 177 cm³/mol. The van der Waals surface area contributed by atoms with E-state index in [4.69, 9.17) is 4.74 Å². The molecule has 2 fully saturated rings. The third-order valence-electron chi connectivity index (χ3n) is 8.91. The first-order valence-corrected chi connectivity index (χ1v) is 17.4. The number of phenols is 1. The Balaban J connectivity index is 0.989. The molecule has 10 nitrogen and oxygen atoms in total. The smallest absolute Gasteiger partial charge is 0.305 e. The molecule has 6 rings (SSSR count). The zero-order valence-electron chi connectivity index (χ0n) is 26.1. The molecule has 2 aromatic heterocycles. The van der Waals surface area contributed by atoms with Gasteiger partial charge in [0.1, 0.15) is 22.8 Å². The number of nitrogens with one attached hydrogen (secondary N) is 2. The van der Waals surface area contributed by atoms with Crippen LogP contribution in [-0.4, -0.2) is 87.4 Å². The minimum Gasteiger partial charge on any atom is -0.506 e. The molecule has 2 aliphatic rings. The van der Waals surface area contributed by atoms with E-state index in [1.807, 2.05) is 22.4 Å². The maximum Gasteiger partial charge on any atom is 0.305 e. The van der Waals surface area contributed by atoms with Crippen LogP contribution in [0.25, 0.3) is 10.2 Å². The number of likely N-dealkylation sites (tertiary alicyclic amines) is 1. The zero-order chi connectivity index (χ0) is 32.4. The Morgan fingerprint density at radius 2 is 2.02 bits per heavy atom. The van der Waals surface area contributed by atoms with E-state index in [-0.39, 0.29) is 34.5 Å². The summed E-state index contributed by atoms with van der Waals surface area (Å²) in [6, 6.07) is 8.32. The number of rotatable bonds is 10. The van der Waals surface area contributed by atoms with Crippen LogP contribution in [0.15, 0.2) is 40.5 Å². The Kier molecular flexibility index (Phi) is 9.88. The molecular formula is C33H40FN5O5S2. The maximum absolute atomic E-state index is 14.7. The van der Waals surface area contributed by atoms with E-state index in [1.54, 1.807) is 6.07 Å². The quantitative estimate of drug-likeness (QED) is 0.183. The second-order valence-corrected chi connectivity index (χ2v) is 14.4. The molecule has 13 heteroatoms. The number of fused-ring (bicyclic) bond motifs is 1. The Bertz CT molecular complexity index is 1750. The van der Waals surface area contributed by atoms with E-state index in [0.717, 1.165) is 47.8 Å². The number of H-pyrrole nitrogens is 1. The van der Waals surface area contributed by atoms with Crippen LogP contribution >= 0.6 is 22.7 Å². The Labute approximate surface area is 274 Å². The zero-order valence-corrected chi connectivity index (χ0v) is 27.7. The number of morpholine rings is 1. The van der Waals surface area contributed by atoms with Crippen LogP contribution in [0.1, 0.15) is 70.9 Å². The first kappa shape index (κ1) is 32.7. The maximum atomic E-state index is 14.7. The van der Waals surface area contributed by atoms with Gasteiger partial charge in [0.25, 0.3) is 5.91 Å². The highest BCUT2D eigenvalue weighted by atomic mass is 32.1. The van der Waals surface area contributed by atoms with Crippen molar-refractivity contribution in [2.45, 2.75) is 57.3 Å². The van der Waals surface area contributed by atoms with Crippen molar-refractivity contribution in [3.63, 3.8) is 0 Å². The number of aliphatic hydroxyl groups is 1. The fourth-order valence-corrected chi connectivity index (χ4v) is 8.03. The summed E-state index contributed by atoms with van der Waals surface area (Å²) in [5, 5.41) is 26.8. The number of piperidine rings is 1. The molecule has 4 heterocycles. The lowest BCUT2D eigenvalue weighted by Crippen LogP contribution is -2.58. The van der Waals surface area contributed by atoms with Gasteiger partial charge < -0.3 is 30.2 Å². The van der Waals surface area contributed by atoms with E-state index in [2.05, 4.69) is 34.0 Å². The molecule has 4 aromatic rings. The van der Waals surface area contributed by atoms with Crippen molar-refractivity contribution in [2.75, 3.05) is 45.9 Å². The number of carbonyl (C=O) groups excluding carboxylic acids is 1. The lowest BCUT2D eigenvalue weighted by molar-refractivity contribution is -0.128. The highest BCUT2D eigenvalue weighted by molar-refractivity contribution is 7.16. The molecule has 1 spiro atoms. The molecule has 46 heavy (non-hydrogen) atoms. The molecule has 1 amide bonds. The monoisotopic (exact) mass is 669 g/mol. The van der Waals surface area contributed by atoms with E-state index >= 15 is 0 Å². The van der Waals surface area contributed by atoms with E-state index < -0.39 is 6.10 Å². The summed E-state index contributed by atoms with van der Waals surface area (Å²) in [5.74, 6) is -0.0234. The van der Waals surface area contributed by atoms with Crippen molar-refractivity contribution in [3.05, 3.63) is 78.6 Å². The number of hydrogen-bond acceptors (Lipinski definition) is 10. The lowest BCUT2D eigenvalue weighted by Gasteiger charge is -2.47. The van der Waals surface area contributed by atoms with Crippen LogP contribution in [0.5, 0.6) is 5.75 Å². The second-order valence-electron chi connectivity index (χ2n) is 12.5. The molecule has 0 aliphatic carbocycles. The summed E-state index contributed by atoms with van der Waals surface area (Å²) >= 11 is 2.48. The number of halogens is 1. The fraction of sp³-hybridized carbons (Fsp3) is 0.485. The van der Waals surface area contributed by atoms with Gasteiger partial charge in [-0.3, -0.25) is 14.5 Å². The SMILES string of the molecule is CC(C)c1nc(C(=O)N2CCOC3(CCN(Cc4ccc(F)c(CCNC[C@H](O)c5ccc(O)c6[nH]c(=O)sc56)c4)CC3)C2)cs1. The molecule has 0 radical (unpaired) electrons. The molecule has 2 aromatic carbocycles. The van der Waals surface area contributed by atoms with Gasteiger partial charge in [0.05, 0.1) is 34.6 Å². The fourth-order valence-electron chi connectivity index (χ4n) is 6.30. The number of aliphatic hydroxyl groups excluding tert-OH is 1. The summed E-state index contributed by atoms with van der Waals surface area (Å²) in [4.78, 5) is 36.1. The first-order chi connectivity index (χ1) is 22.1. The minimum atomic E-state index is -0.892. The van der Waals surface area contributed by atoms with Crippen molar-refractivity contribution in [1.82, 2.24) is 25.1 Å². The van der Waals surface area contributed by atoms with Crippen molar-refractivity contribution in [2.24, 2.45) is 0 Å². The van der Waals surface area contributed by atoms with Gasteiger partial charge in [0.2, 0.25) is 0 Å². The van der Waals surface area contributed by atoms with E-state index in [0.29, 0.717) is 72.2 Å². The lowest BCUT2D eigenvalue weighted by atomic mass is 9.89. The van der Waals surface area contributed by atoms with Gasteiger partial charge in [-0.05, 0) is 49.1 Å². The summed E-state index contributed by atoms with van der Waals surface area (Å²) < 4.78 is 21.5. The highest BCUT2D eigenvalue weighted by Crippen LogP contribution is 2.33. The van der Waals surface area contributed by atoms with Crippen LogP contribution in [0.3, 0.4) is 0 Å². The van der Waals surface area contributed by atoms with Gasteiger partial charge in [-0.2, -0.15) is 0 Å². The molecule has 246 valence electrons. The number of ether oxygens (including phenoxy) is 1. The summed E-state index contributed by atoms with van der Waals surface area (Å²) in [5.41, 5.74) is 2.69. The standard InChI is InChI=1S/C33H40FN5O5S2/c1-20(2)30-36-25(18-45-30)31(42)39-13-14-44-33(19-39)8-11-38(12-9-33)17-21-3-5-24(34)22(15-21)7-10-35-16-27(41)23-4-6-26(40)28-29(23)46-32(43)37-28/h3-6,15,18,20,27,35,40-41H,7-14,16-17,19H2,1-2H3,(H,37,43)/t27-/m0/s1. The number of nitrogens with zero attached hydrogens (tertiary/aromatic N) is 3. The van der Waals surface area contributed by atoms with Gasteiger partial charge in [-0.1, -0.05) is 43.4 Å². The number of phenolic OH excluding ortho intramolecular Hbond substituents is 1. The summed E-state index contributed by atoms with van der Waals surface area (Å²) in [6.45, 7) is 8.84. The Morgan fingerprint density at radius 1 is 1.22 bits per heavy atom. The number of amides is 1. The third-order valence-corrected chi connectivity index (χ3v) is 11.0. The van der Waals surface area contributed by atoms with Crippen molar-refractivity contribution < 1.29 is 24.1 Å². The average molecular weight is 670 g/mol. The number of carbonyl (C=O) groups is 1. The van der Waals surface area contributed by atoms with E-state index in [1.165, 1.54) is 23.5 Å². The largest absolute Gasteiger partial charge is 0.506 e. The number of benzene rings is 2. The van der Waals surface area contributed by atoms with Gasteiger partial charge in [-0.15, -0.1) is 11.3 Å². The van der Waals surface area contributed by atoms with Crippen LogP contribution in [0.2, 0.25) is 0 Å². The molecule has 4 N–H and O–H groups in total. The van der Waals surface area contributed by atoms with Gasteiger partial charge in [0, 0.05) is 49.6 Å². The number of hydrogen-bond donors (Lipinski definition) is 4. The van der Waals surface area contributed by atoms with Crippen molar-refractivity contribution >= 4 is 38.8 Å². The third kappa shape index (κ3) is 7.19. The molecule has 2 saturated heterocycles. The molecular weight excluding hydrogens is 630 g/mol. The van der Waals surface area contributed by atoms with Crippen LogP contribution in [-0.2, 0) is 17.7 Å². The molecule has 1 atom stereocenters. The predicted octanol–water partition coefficient (Wildman–Crippen LogP) is 4.39. The van der Waals surface area contributed by atoms with Crippen LogP contribution < -0.4 is 10.2 Å². The molecule has 0 unspecified atom stereocenters. The molecule has 2 aliphatic heterocycles. The topological polar surface area (TPSA) is 131 Å². The number of aromatic nitrogens is 2. The number of aromatic hydroxyl groups is 1. The van der Waals surface area contributed by atoms with Gasteiger partial charge >= 0.3 is 4.87 Å². The summed E-state index contributed by atoms with van der Waals surface area (Å²) in [6.07, 6.45) is 1.20. The Hall–Kier alpha value is -3.20. The molecule has 0 saturated carbocycles. The average Bonchev–Trinajstić information content (AvgIpc) is 3.70. The van der Waals surface area contributed by atoms with E-state index in [9.17, 15) is 24.2 Å². The minimum absolute atomic E-state index is 0.0206. The van der Waals surface area contributed by atoms with Gasteiger partial charge in [-0.25, -0.2) is 9.37 Å². The first-order valence-electron chi connectivity index (χ1n) is 15.7. The van der Waals surface area contributed by atoms with Crippen LogP contribution in [0, 0.1) is 5.82 Å². The summed E-state index contributed by atoms with van der Waals surface area (Å²) in [7, 11) is 0. The van der Waals surface area contributed by atoms with Gasteiger partial charge in [0.15, 0.2) is 0 Å². The highest BCUT2D eigenvalue weighted by Gasteiger charge is 2.41. The van der Waals surface area contributed by atoms with Crippen molar-refractivity contribution in [1.29, 1.82) is 0 Å².